The molecule has 0 spiro atoms. The molecule has 0 bridgehead atoms. The predicted molar refractivity (Wildman–Crippen MR) is 113 cm³/mol. The number of likely N-dealkylation sites (tertiary alicyclic amines) is 1. The van der Waals surface area contributed by atoms with Gasteiger partial charge in [0.05, 0.1) is 23.5 Å². The molecule has 0 radical (unpaired) electrons. The second-order valence-electron chi connectivity index (χ2n) is 7.06. The molecule has 2 atom stereocenters. The molecule has 2 heterocycles. The van der Waals surface area contributed by atoms with E-state index in [4.69, 9.17) is 5.73 Å². The summed E-state index contributed by atoms with van der Waals surface area (Å²) in [5.74, 6) is -2.62. The number of allylic oxidation sites excluding steroid dienone is 4. The number of piperidine rings is 1. The Labute approximate surface area is 174 Å². The molecule has 8 heteroatoms. The monoisotopic (exact) mass is 412 g/mol. The van der Waals surface area contributed by atoms with Crippen LogP contribution in [0.1, 0.15) is 30.1 Å². The number of hydrogen-bond donors (Lipinski definition) is 2. The number of pyridine rings is 1. The molecule has 0 aromatic carbocycles. The Balaban J connectivity index is 2.25. The lowest BCUT2D eigenvalue weighted by atomic mass is 9.89. The van der Waals surface area contributed by atoms with Crippen LogP contribution in [0.4, 0.5) is 10.1 Å². The van der Waals surface area contributed by atoms with Crippen LogP contribution < -0.4 is 11.1 Å². The average molecular weight is 412 g/mol. The summed E-state index contributed by atoms with van der Waals surface area (Å²) in [6, 6.07) is 0.926. The Kier molecular flexibility index (Phi) is 7.80. The molecule has 1 saturated heterocycles. The first kappa shape index (κ1) is 22.7. The maximum Gasteiger partial charge on any atom is 0.313 e. The fraction of sp³-hybridized carbons (Fsp3) is 0.273. The normalized spacial score (nSPS) is 19.7. The van der Waals surface area contributed by atoms with Crippen molar-refractivity contribution in [2.24, 2.45) is 11.7 Å². The molecule has 0 unspecified atom stereocenters. The number of aromatic nitrogens is 1. The van der Waals surface area contributed by atoms with E-state index in [-0.39, 0.29) is 17.2 Å². The van der Waals surface area contributed by atoms with Crippen LogP contribution in [0.3, 0.4) is 0 Å². The highest BCUT2D eigenvalue weighted by Gasteiger charge is 2.34. The summed E-state index contributed by atoms with van der Waals surface area (Å²) in [5.41, 5.74) is 6.13. The Morgan fingerprint density at radius 2 is 1.97 bits per heavy atom. The van der Waals surface area contributed by atoms with Crippen molar-refractivity contribution in [3.63, 3.8) is 0 Å². The Morgan fingerprint density at radius 3 is 2.60 bits per heavy atom. The molecule has 7 nitrogen and oxygen atoms in total. The van der Waals surface area contributed by atoms with Crippen molar-refractivity contribution < 1.29 is 18.8 Å². The summed E-state index contributed by atoms with van der Waals surface area (Å²) in [4.78, 5) is 42.1. The van der Waals surface area contributed by atoms with Crippen molar-refractivity contribution in [2.45, 2.75) is 25.8 Å². The van der Waals surface area contributed by atoms with E-state index in [0.29, 0.717) is 18.5 Å². The van der Waals surface area contributed by atoms with E-state index in [1.54, 1.807) is 6.08 Å². The largest absolute Gasteiger partial charge is 0.366 e. The number of carbonyl (C=O) groups is 3. The summed E-state index contributed by atoms with van der Waals surface area (Å²) < 4.78 is 13.5. The van der Waals surface area contributed by atoms with Gasteiger partial charge in [-0.25, -0.2) is 4.39 Å². The molecule has 1 aromatic heterocycles. The van der Waals surface area contributed by atoms with Crippen molar-refractivity contribution in [1.29, 1.82) is 0 Å². The molecular formula is C22H25FN4O3. The third-order valence-electron chi connectivity index (χ3n) is 4.80. The highest BCUT2D eigenvalue weighted by molar-refractivity contribution is 6.39. The summed E-state index contributed by atoms with van der Waals surface area (Å²) in [6.45, 7) is 9.48. The minimum atomic E-state index is -0.867. The van der Waals surface area contributed by atoms with E-state index < -0.39 is 29.6 Å². The summed E-state index contributed by atoms with van der Waals surface area (Å²) in [7, 11) is 0. The maximum atomic E-state index is 13.5. The van der Waals surface area contributed by atoms with Gasteiger partial charge in [0.15, 0.2) is 0 Å². The van der Waals surface area contributed by atoms with E-state index in [0.717, 1.165) is 12.5 Å². The molecule has 0 aliphatic carbocycles. The van der Waals surface area contributed by atoms with Crippen LogP contribution in [0, 0.1) is 5.92 Å². The molecule has 3 N–H and O–H groups in total. The van der Waals surface area contributed by atoms with Crippen LogP contribution in [0.25, 0.3) is 0 Å². The van der Waals surface area contributed by atoms with Crippen LogP contribution in [0.15, 0.2) is 67.3 Å². The van der Waals surface area contributed by atoms with Gasteiger partial charge in [-0.15, -0.1) is 0 Å². The SMILES string of the molecule is C=C/C(F)=C\C=C(/C=C)[C@H]1CC[C@H](C)CN1C(=O)C(=O)Nc1cncc(C(N)=O)c1. The minimum Gasteiger partial charge on any atom is -0.366 e. The molecule has 1 aliphatic heterocycles. The number of anilines is 1. The quantitative estimate of drug-likeness (QED) is 0.554. The number of nitrogens with zero attached hydrogens (tertiary/aromatic N) is 2. The number of rotatable bonds is 6. The van der Waals surface area contributed by atoms with Gasteiger partial charge in [-0.05, 0) is 42.6 Å². The fourth-order valence-corrected chi connectivity index (χ4v) is 3.24. The van der Waals surface area contributed by atoms with Crippen molar-refractivity contribution >= 4 is 23.4 Å². The van der Waals surface area contributed by atoms with Crippen LogP contribution in [0.2, 0.25) is 0 Å². The predicted octanol–water partition coefficient (Wildman–Crippen LogP) is 2.90. The van der Waals surface area contributed by atoms with E-state index in [9.17, 15) is 18.8 Å². The lowest BCUT2D eigenvalue weighted by Crippen LogP contribution is -2.51. The summed E-state index contributed by atoms with van der Waals surface area (Å²) >= 11 is 0. The first-order valence-corrected chi connectivity index (χ1v) is 9.45. The Hall–Kier alpha value is -3.55. The van der Waals surface area contributed by atoms with E-state index >= 15 is 0 Å². The zero-order valence-electron chi connectivity index (χ0n) is 16.8. The van der Waals surface area contributed by atoms with Crippen molar-refractivity contribution in [2.75, 3.05) is 11.9 Å². The first-order valence-electron chi connectivity index (χ1n) is 9.45. The van der Waals surface area contributed by atoms with E-state index in [2.05, 4.69) is 23.5 Å². The number of nitrogens with two attached hydrogens (primary N) is 1. The van der Waals surface area contributed by atoms with Gasteiger partial charge in [-0.3, -0.25) is 19.4 Å². The summed E-state index contributed by atoms with van der Waals surface area (Å²) in [5, 5.41) is 2.46. The number of amides is 3. The molecule has 30 heavy (non-hydrogen) atoms. The highest BCUT2D eigenvalue weighted by Crippen LogP contribution is 2.27. The van der Waals surface area contributed by atoms with Crippen LogP contribution in [0.5, 0.6) is 0 Å². The average Bonchev–Trinajstić information content (AvgIpc) is 2.74. The molecule has 0 saturated carbocycles. The summed E-state index contributed by atoms with van der Waals surface area (Å²) in [6.07, 6.45) is 9.43. The lowest BCUT2D eigenvalue weighted by Gasteiger charge is -2.39. The van der Waals surface area contributed by atoms with Gasteiger partial charge in [0, 0.05) is 12.7 Å². The van der Waals surface area contributed by atoms with Gasteiger partial charge in [-0.1, -0.05) is 32.2 Å². The second-order valence-corrected chi connectivity index (χ2v) is 7.06. The molecule has 158 valence electrons. The maximum absolute atomic E-state index is 13.5. The molecule has 1 aromatic rings. The molecule has 2 rings (SSSR count). The van der Waals surface area contributed by atoms with Gasteiger partial charge in [-0.2, -0.15) is 0 Å². The zero-order valence-corrected chi connectivity index (χ0v) is 16.8. The standard InChI is InChI=1S/C22H25FN4O3/c1-4-15(7-8-17(23)5-2)19-9-6-14(3)13-27(19)22(30)21(29)26-18-10-16(20(24)28)11-25-12-18/h4-5,7-8,10-12,14,19H,1-2,6,9,13H2,3H3,(H2,24,28)(H,26,29)/b15-7+,17-8+/t14-,19+/m0/s1. The van der Waals surface area contributed by atoms with Gasteiger partial charge in [0.1, 0.15) is 5.83 Å². The third kappa shape index (κ3) is 5.73. The highest BCUT2D eigenvalue weighted by atomic mass is 19.1. The number of primary amides is 1. The van der Waals surface area contributed by atoms with E-state index in [1.165, 1.54) is 35.5 Å². The van der Waals surface area contributed by atoms with Gasteiger partial charge < -0.3 is 16.0 Å². The zero-order chi connectivity index (χ0) is 22.3. The van der Waals surface area contributed by atoms with Crippen molar-refractivity contribution in [1.82, 2.24) is 9.88 Å². The number of nitrogens with one attached hydrogen (secondary N) is 1. The third-order valence-corrected chi connectivity index (χ3v) is 4.80. The molecule has 3 amide bonds. The van der Waals surface area contributed by atoms with Crippen molar-refractivity contribution in [3.05, 3.63) is 72.9 Å². The van der Waals surface area contributed by atoms with Gasteiger partial charge in [0.25, 0.3) is 0 Å². The number of halogens is 1. The Bertz CT molecular complexity index is 923. The molecule has 1 fully saturated rings. The molecule has 1 aliphatic rings. The van der Waals surface area contributed by atoms with Crippen LogP contribution >= 0.6 is 0 Å². The first-order chi connectivity index (χ1) is 14.3. The van der Waals surface area contributed by atoms with Crippen LogP contribution in [-0.4, -0.2) is 40.2 Å². The van der Waals surface area contributed by atoms with Crippen LogP contribution in [-0.2, 0) is 9.59 Å². The van der Waals surface area contributed by atoms with Gasteiger partial charge in [0.2, 0.25) is 5.91 Å². The topological polar surface area (TPSA) is 105 Å². The van der Waals surface area contributed by atoms with E-state index in [1.807, 2.05) is 6.92 Å². The lowest BCUT2D eigenvalue weighted by molar-refractivity contribution is -0.145. The second kappa shape index (κ2) is 10.3. The van der Waals surface area contributed by atoms with Crippen molar-refractivity contribution in [3.8, 4) is 0 Å². The number of hydrogen-bond acceptors (Lipinski definition) is 4. The minimum absolute atomic E-state index is 0.109. The fourth-order valence-electron chi connectivity index (χ4n) is 3.24. The molecular weight excluding hydrogens is 387 g/mol. The van der Waals surface area contributed by atoms with Gasteiger partial charge >= 0.3 is 11.8 Å². The Morgan fingerprint density at radius 1 is 1.23 bits per heavy atom. The number of carbonyl (C=O) groups excluding carboxylic acids is 3. The smallest absolute Gasteiger partial charge is 0.313 e.